The Morgan fingerprint density at radius 2 is 2.17 bits per heavy atom. The number of hydrogen-bond donors (Lipinski definition) is 1. The van der Waals surface area contributed by atoms with E-state index in [1.165, 1.54) is 0 Å². The van der Waals surface area contributed by atoms with Gasteiger partial charge >= 0.3 is 0 Å². The summed E-state index contributed by atoms with van der Waals surface area (Å²) in [5.74, 6) is 0. The highest BCUT2D eigenvalue weighted by atomic mass is 14.8. The van der Waals surface area contributed by atoms with Crippen LogP contribution in [0.1, 0.15) is 5.69 Å². The van der Waals surface area contributed by atoms with Crippen LogP contribution in [0.15, 0.2) is 12.3 Å². The van der Waals surface area contributed by atoms with Gasteiger partial charge in [-0.05, 0) is 18.2 Å². The Kier molecular flexibility index (Phi) is 1.30. The zero-order valence-electron chi connectivity index (χ0n) is 7.02. The molecule has 12 heavy (non-hydrogen) atoms. The Bertz CT molecular complexity index is 522. The molecule has 0 bridgehead atoms. The van der Waals surface area contributed by atoms with Crippen LogP contribution in [0.4, 0.5) is 0 Å². The van der Waals surface area contributed by atoms with Crippen LogP contribution in [0.3, 0.4) is 0 Å². The van der Waals surface area contributed by atoms with Crippen LogP contribution in [0.5, 0.6) is 0 Å². The third-order valence-corrected chi connectivity index (χ3v) is 2.11. The van der Waals surface area contributed by atoms with Crippen molar-refractivity contribution < 1.29 is 0 Å². The highest BCUT2D eigenvalue weighted by Gasteiger charge is 1.99. The molecule has 1 N–H and O–H groups in total. The van der Waals surface area contributed by atoms with Crippen LogP contribution in [0, 0.1) is 6.92 Å². The standard InChI is InChI=1S/C10H10N2/c1-6-7(2)12-10-8(3)11-5-4-9(6)10/h4-5,12H,1-2H2,3H3. The molecule has 2 heteroatoms. The van der Waals surface area contributed by atoms with E-state index in [4.69, 9.17) is 0 Å². The first-order chi connectivity index (χ1) is 5.70. The maximum Gasteiger partial charge on any atom is 0.0680 e. The van der Waals surface area contributed by atoms with Gasteiger partial charge in [0.15, 0.2) is 0 Å². The lowest BCUT2D eigenvalue weighted by atomic mass is 10.2. The highest BCUT2D eigenvalue weighted by Crippen LogP contribution is 2.06. The van der Waals surface area contributed by atoms with Crippen LogP contribution in [0.2, 0.25) is 0 Å². The summed E-state index contributed by atoms with van der Waals surface area (Å²) in [4.78, 5) is 7.33. The first-order valence-corrected chi connectivity index (χ1v) is 3.81. The summed E-state index contributed by atoms with van der Waals surface area (Å²) in [5.41, 5.74) is 2.04. The van der Waals surface area contributed by atoms with E-state index in [-0.39, 0.29) is 0 Å². The average Bonchev–Trinajstić information content (AvgIpc) is 2.32. The Balaban J connectivity index is 3.16. The summed E-state index contributed by atoms with van der Waals surface area (Å²) in [6, 6.07) is 1.95. The third kappa shape index (κ3) is 0.780. The quantitative estimate of drug-likeness (QED) is 0.600. The zero-order valence-corrected chi connectivity index (χ0v) is 7.02. The molecule has 2 aromatic rings. The van der Waals surface area contributed by atoms with Crippen molar-refractivity contribution >= 4 is 24.1 Å². The van der Waals surface area contributed by atoms with E-state index >= 15 is 0 Å². The third-order valence-electron chi connectivity index (χ3n) is 2.11. The molecule has 0 unspecified atom stereocenters. The number of hydrogen-bond acceptors (Lipinski definition) is 1. The van der Waals surface area contributed by atoms with Crippen molar-refractivity contribution in [3.05, 3.63) is 28.5 Å². The lowest BCUT2D eigenvalue weighted by Gasteiger charge is -1.91. The second-order valence-electron chi connectivity index (χ2n) is 2.90. The molecule has 2 rings (SSSR count). The van der Waals surface area contributed by atoms with Gasteiger partial charge in [-0.2, -0.15) is 0 Å². The van der Waals surface area contributed by atoms with Crippen molar-refractivity contribution in [2.75, 3.05) is 0 Å². The Labute approximate surface area is 70.3 Å². The van der Waals surface area contributed by atoms with E-state index in [2.05, 4.69) is 23.1 Å². The molecule has 0 atom stereocenters. The highest BCUT2D eigenvalue weighted by molar-refractivity contribution is 5.81. The normalized spacial score (nSPS) is 10.8. The van der Waals surface area contributed by atoms with E-state index in [0.29, 0.717) is 0 Å². The van der Waals surface area contributed by atoms with E-state index in [9.17, 15) is 0 Å². The number of fused-ring (bicyclic) bond motifs is 1. The second kappa shape index (κ2) is 2.21. The number of aromatic amines is 1. The number of pyridine rings is 1. The fourth-order valence-corrected chi connectivity index (χ4v) is 1.36. The van der Waals surface area contributed by atoms with Crippen molar-refractivity contribution in [3.63, 3.8) is 0 Å². The number of aryl methyl sites for hydroxylation is 1. The van der Waals surface area contributed by atoms with Gasteiger partial charge in [-0.3, -0.25) is 4.98 Å². The molecule has 0 aliphatic rings. The molecule has 0 radical (unpaired) electrons. The fraction of sp³-hybridized carbons (Fsp3) is 0.100. The Morgan fingerprint density at radius 3 is 2.83 bits per heavy atom. The fourth-order valence-electron chi connectivity index (χ4n) is 1.36. The van der Waals surface area contributed by atoms with E-state index < -0.39 is 0 Å². The molecule has 0 aliphatic heterocycles. The molecule has 2 nitrogen and oxygen atoms in total. The minimum atomic E-state index is 0.876. The number of aromatic nitrogens is 2. The number of H-pyrrole nitrogens is 1. The van der Waals surface area contributed by atoms with Gasteiger partial charge in [0.05, 0.1) is 11.2 Å². The minimum Gasteiger partial charge on any atom is -0.354 e. The zero-order chi connectivity index (χ0) is 8.72. The molecule has 0 saturated heterocycles. The van der Waals surface area contributed by atoms with Crippen molar-refractivity contribution in [3.8, 4) is 0 Å². The second-order valence-corrected chi connectivity index (χ2v) is 2.90. The van der Waals surface area contributed by atoms with Gasteiger partial charge in [0.2, 0.25) is 0 Å². The van der Waals surface area contributed by atoms with Gasteiger partial charge in [-0.1, -0.05) is 13.2 Å². The van der Waals surface area contributed by atoms with Gasteiger partial charge < -0.3 is 4.98 Å². The van der Waals surface area contributed by atoms with Gasteiger partial charge in [-0.25, -0.2) is 0 Å². The SMILES string of the molecule is C=c1[nH]c2c(C)nccc2c1=C. The average molecular weight is 158 g/mol. The van der Waals surface area contributed by atoms with Gasteiger partial charge in [-0.15, -0.1) is 0 Å². The van der Waals surface area contributed by atoms with Crippen LogP contribution in [-0.4, -0.2) is 9.97 Å². The number of nitrogens with one attached hydrogen (secondary N) is 1. The first-order valence-electron chi connectivity index (χ1n) is 3.81. The lowest BCUT2D eigenvalue weighted by Crippen LogP contribution is -2.18. The van der Waals surface area contributed by atoms with Crippen LogP contribution in [-0.2, 0) is 0 Å². The van der Waals surface area contributed by atoms with Crippen molar-refractivity contribution in [1.82, 2.24) is 9.97 Å². The maximum absolute atomic E-state index is 4.17. The number of rotatable bonds is 0. The Hall–Kier alpha value is -1.57. The van der Waals surface area contributed by atoms with Crippen LogP contribution < -0.4 is 10.6 Å². The topological polar surface area (TPSA) is 28.7 Å². The molecule has 0 fully saturated rings. The van der Waals surface area contributed by atoms with E-state index in [0.717, 1.165) is 27.2 Å². The maximum atomic E-state index is 4.17. The van der Waals surface area contributed by atoms with Crippen molar-refractivity contribution in [2.45, 2.75) is 6.92 Å². The number of nitrogens with zero attached hydrogens (tertiary/aromatic N) is 1. The molecule has 0 aliphatic carbocycles. The molecule has 60 valence electrons. The molecule has 0 amide bonds. The predicted octanol–water partition coefficient (Wildman–Crippen LogP) is 0.692. The summed E-state index contributed by atoms with van der Waals surface area (Å²) < 4.78 is 0. The first kappa shape index (κ1) is 7.10. The Morgan fingerprint density at radius 1 is 1.42 bits per heavy atom. The molecular formula is C10H10N2. The van der Waals surface area contributed by atoms with Crippen molar-refractivity contribution in [2.24, 2.45) is 0 Å². The van der Waals surface area contributed by atoms with E-state index in [1.54, 1.807) is 6.20 Å². The van der Waals surface area contributed by atoms with E-state index in [1.807, 2.05) is 13.0 Å². The summed E-state index contributed by atoms with van der Waals surface area (Å²) in [7, 11) is 0. The molecule has 0 spiro atoms. The molecule has 0 saturated carbocycles. The van der Waals surface area contributed by atoms with Gasteiger partial charge in [0, 0.05) is 16.9 Å². The van der Waals surface area contributed by atoms with Crippen LogP contribution in [0.25, 0.3) is 24.1 Å². The summed E-state index contributed by atoms with van der Waals surface area (Å²) in [5, 5.41) is 2.96. The van der Waals surface area contributed by atoms with Crippen LogP contribution >= 0.6 is 0 Å². The molecular weight excluding hydrogens is 148 g/mol. The van der Waals surface area contributed by atoms with Gasteiger partial charge in [0.25, 0.3) is 0 Å². The lowest BCUT2D eigenvalue weighted by molar-refractivity contribution is 1.21. The largest absolute Gasteiger partial charge is 0.354 e. The smallest absolute Gasteiger partial charge is 0.0680 e. The summed E-state index contributed by atoms with van der Waals surface area (Å²) in [6.07, 6.45) is 1.79. The summed E-state index contributed by atoms with van der Waals surface area (Å²) in [6.45, 7) is 9.75. The van der Waals surface area contributed by atoms with Crippen molar-refractivity contribution in [1.29, 1.82) is 0 Å². The van der Waals surface area contributed by atoms with Gasteiger partial charge in [0.1, 0.15) is 0 Å². The minimum absolute atomic E-state index is 0.876. The molecule has 2 heterocycles. The predicted molar refractivity (Wildman–Crippen MR) is 51.1 cm³/mol. The monoisotopic (exact) mass is 158 g/mol. The summed E-state index contributed by atoms with van der Waals surface area (Å²) >= 11 is 0. The molecule has 0 aromatic carbocycles. The molecule has 2 aromatic heterocycles.